The predicted molar refractivity (Wildman–Crippen MR) is 81.5 cm³/mol. The molecule has 0 saturated heterocycles. The molecule has 0 aliphatic rings. The quantitative estimate of drug-likeness (QED) is 0.599. The summed E-state index contributed by atoms with van der Waals surface area (Å²) >= 11 is 0. The average molecular weight is 370 g/mol. The van der Waals surface area contributed by atoms with Gasteiger partial charge in [-0.3, -0.25) is 9.59 Å². The van der Waals surface area contributed by atoms with Gasteiger partial charge in [-0.1, -0.05) is 0 Å². The molecule has 7 nitrogen and oxygen atoms in total. The zero-order valence-corrected chi connectivity index (χ0v) is 13.3. The molecule has 10 heteroatoms. The van der Waals surface area contributed by atoms with Gasteiger partial charge >= 0.3 is 5.97 Å². The highest BCUT2D eigenvalue weighted by molar-refractivity contribution is 5.96. The van der Waals surface area contributed by atoms with Crippen molar-refractivity contribution in [2.75, 3.05) is 11.9 Å². The molecule has 0 saturated carbocycles. The van der Waals surface area contributed by atoms with Gasteiger partial charge in [-0.25, -0.2) is 18.0 Å². The van der Waals surface area contributed by atoms with Gasteiger partial charge in [0, 0.05) is 0 Å². The van der Waals surface area contributed by atoms with Crippen LogP contribution in [-0.4, -0.2) is 30.4 Å². The van der Waals surface area contributed by atoms with E-state index in [1.807, 2.05) is 5.32 Å². The Morgan fingerprint density at radius 3 is 2.54 bits per heavy atom. The van der Waals surface area contributed by atoms with E-state index in [1.165, 1.54) is 25.3 Å². The third-order valence-corrected chi connectivity index (χ3v) is 3.11. The molecule has 2 amide bonds. The van der Waals surface area contributed by atoms with Crippen molar-refractivity contribution in [1.29, 1.82) is 0 Å². The number of amides is 2. The van der Waals surface area contributed by atoms with Crippen molar-refractivity contribution in [1.82, 2.24) is 5.32 Å². The van der Waals surface area contributed by atoms with Gasteiger partial charge in [0.05, 0.1) is 18.5 Å². The SMILES string of the molecule is C[C@@H](OC(=O)c1ccco1)C(=O)NCC(=O)Nc1ccc(F)c(F)c1F. The predicted octanol–water partition coefficient (Wildman–Crippen LogP) is 2.00. The fourth-order valence-corrected chi connectivity index (χ4v) is 1.79. The number of carbonyl (C=O) groups is 3. The van der Waals surface area contributed by atoms with E-state index in [-0.39, 0.29) is 5.76 Å². The number of furan rings is 1. The average Bonchev–Trinajstić information content (AvgIpc) is 3.15. The second-order valence-corrected chi connectivity index (χ2v) is 5.01. The number of nitrogens with one attached hydrogen (secondary N) is 2. The molecular formula is C16H13F3N2O5. The molecule has 0 unspecified atom stereocenters. The molecule has 1 heterocycles. The van der Waals surface area contributed by atoms with Crippen molar-refractivity contribution in [2.24, 2.45) is 0 Å². The molecule has 0 bridgehead atoms. The van der Waals surface area contributed by atoms with Gasteiger partial charge in [-0.05, 0) is 31.2 Å². The molecule has 2 aromatic rings. The summed E-state index contributed by atoms with van der Waals surface area (Å²) in [5.74, 6) is -7.36. The molecular weight excluding hydrogens is 357 g/mol. The number of carbonyl (C=O) groups excluding carboxylic acids is 3. The topological polar surface area (TPSA) is 97.6 Å². The van der Waals surface area contributed by atoms with Gasteiger partial charge in [-0.2, -0.15) is 0 Å². The lowest BCUT2D eigenvalue weighted by atomic mass is 10.2. The van der Waals surface area contributed by atoms with E-state index >= 15 is 0 Å². The van der Waals surface area contributed by atoms with Gasteiger partial charge in [-0.15, -0.1) is 0 Å². The first-order valence-corrected chi connectivity index (χ1v) is 7.25. The Labute approximate surface area is 145 Å². The van der Waals surface area contributed by atoms with Gasteiger partial charge in [0.2, 0.25) is 11.7 Å². The van der Waals surface area contributed by atoms with Crippen LogP contribution in [0.3, 0.4) is 0 Å². The summed E-state index contributed by atoms with van der Waals surface area (Å²) < 4.78 is 49.0. The first kappa shape index (κ1) is 19.0. The zero-order chi connectivity index (χ0) is 19.3. The second kappa shape index (κ2) is 8.19. The third kappa shape index (κ3) is 4.62. The lowest BCUT2D eigenvalue weighted by Crippen LogP contribution is -2.40. The molecule has 0 spiro atoms. The van der Waals surface area contributed by atoms with Crippen LogP contribution in [0.15, 0.2) is 34.9 Å². The van der Waals surface area contributed by atoms with Gasteiger partial charge < -0.3 is 19.8 Å². The first-order valence-electron chi connectivity index (χ1n) is 7.25. The Balaban J connectivity index is 1.84. The molecule has 2 N–H and O–H groups in total. The van der Waals surface area contributed by atoms with Crippen LogP contribution in [0, 0.1) is 17.5 Å². The summed E-state index contributed by atoms with van der Waals surface area (Å²) in [6, 6.07) is 4.28. The van der Waals surface area contributed by atoms with Gasteiger partial charge in [0.25, 0.3) is 5.91 Å². The van der Waals surface area contributed by atoms with E-state index in [9.17, 15) is 27.6 Å². The van der Waals surface area contributed by atoms with Crippen molar-refractivity contribution in [3.8, 4) is 0 Å². The molecule has 1 atom stereocenters. The highest BCUT2D eigenvalue weighted by Crippen LogP contribution is 2.19. The second-order valence-electron chi connectivity index (χ2n) is 5.01. The maximum absolute atomic E-state index is 13.4. The number of esters is 1. The van der Waals surface area contributed by atoms with E-state index in [4.69, 9.17) is 9.15 Å². The minimum atomic E-state index is -1.73. The van der Waals surface area contributed by atoms with Crippen LogP contribution in [0.2, 0.25) is 0 Å². The number of hydrogen-bond donors (Lipinski definition) is 2. The standard InChI is InChI=1S/C16H13F3N2O5/c1-8(26-16(24)11-3-2-6-25-11)15(23)20-7-12(22)21-10-5-4-9(17)13(18)14(10)19/h2-6,8H,7H2,1H3,(H,20,23)(H,21,22)/t8-/m1/s1. The summed E-state index contributed by atoms with van der Waals surface area (Å²) in [6.07, 6.45) is 0.0173. The Bertz CT molecular complexity index is 824. The highest BCUT2D eigenvalue weighted by Gasteiger charge is 2.21. The van der Waals surface area contributed by atoms with Crippen molar-refractivity contribution in [3.63, 3.8) is 0 Å². The van der Waals surface area contributed by atoms with Crippen molar-refractivity contribution in [3.05, 3.63) is 53.7 Å². The van der Waals surface area contributed by atoms with Crippen LogP contribution in [0.1, 0.15) is 17.5 Å². The smallest absolute Gasteiger partial charge is 0.374 e. The van der Waals surface area contributed by atoms with Crippen molar-refractivity contribution < 1.29 is 36.7 Å². The van der Waals surface area contributed by atoms with Crippen LogP contribution < -0.4 is 10.6 Å². The van der Waals surface area contributed by atoms with Crippen LogP contribution in [0.4, 0.5) is 18.9 Å². The van der Waals surface area contributed by atoms with E-state index < -0.39 is 53.6 Å². The molecule has 0 aliphatic carbocycles. The lowest BCUT2D eigenvalue weighted by molar-refractivity contribution is -0.130. The normalized spacial score (nSPS) is 11.5. The lowest BCUT2D eigenvalue weighted by Gasteiger charge is -2.13. The number of ether oxygens (including phenoxy) is 1. The minimum Gasteiger partial charge on any atom is -0.457 e. The number of rotatable bonds is 6. The third-order valence-electron chi connectivity index (χ3n) is 3.11. The number of halogens is 3. The maximum atomic E-state index is 13.4. The number of hydrogen-bond acceptors (Lipinski definition) is 5. The van der Waals surface area contributed by atoms with E-state index in [0.717, 1.165) is 6.07 Å². The molecule has 0 aliphatic heterocycles. The zero-order valence-electron chi connectivity index (χ0n) is 13.3. The summed E-state index contributed by atoms with van der Waals surface area (Å²) in [7, 11) is 0. The molecule has 138 valence electrons. The monoisotopic (exact) mass is 370 g/mol. The first-order chi connectivity index (χ1) is 12.3. The summed E-state index contributed by atoms with van der Waals surface area (Å²) in [4.78, 5) is 35.1. The summed E-state index contributed by atoms with van der Waals surface area (Å²) in [5, 5.41) is 4.13. The fourth-order valence-electron chi connectivity index (χ4n) is 1.79. The molecule has 1 aromatic heterocycles. The van der Waals surface area contributed by atoms with E-state index in [1.54, 1.807) is 0 Å². The molecule has 2 rings (SSSR count). The van der Waals surface area contributed by atoms with Crippen LogP contribution in [0.25, 0.3) is 0 Å². The van der Waals surface area contributed by atoms with Crippen LogP contribution in [-0.2, 0) is 14.3 Å². The molecule has 0 radical (unpaired) electrons. The van der Waals surface area contributed by atoms with E-state index in [0.29, 0.717) is 6.07 Å². The Morgan fingerprint density at radius 1 is 1.15 bits per heavy atom. The number of benzene rings is 1. The fraction of sp³-hybridized carbons (Fsp3) is 0.188. The van der Waals surface area contributed by atoms with Gasteiger partial charge in [0.15, 0.2) is 23.6 Å². The van der Waals surface area contributed by atoms with Crippen molar-refractivity contribution >= 4 is 23.5 Å². The Morgan fingerprint density at radius 2 is 1.88 bits per heavy atom. The summed E-state index contributed by atoms with van der Waals surface area (Å²) in [6.45, 7) is 0.656. The summed E-state index contributed by atoms with van der Waals surface area (Å²) in [5.41, 5.74) is -0.583. The highest BCUT2D eigenvalue weighted by atomic mass is 19.2. The molecule has 26 heavy (non-hydrogen) atoms. The largest absolute Gasteiger partial charge is 0.457 e. The van der Waals surface area contributed by atoms with Crippen LogP contribution >= 0.6 is 0 Å². The Kier molecular flexibility index (Phi) is 5.99. The number of anilines is 1. The van der Waals surface area contributed by atoms with E-state index in [2.05, 4.69) is 5.32 Å². The van der Waals surface area contributed by atoms with Crippen LogP contribution in [0.5, 0.6) is 0 Å². The molecule has 1 aromatic carbocycles. The maximum Gasteiger partial charge on any atom is 0.374 e. The van der Waals surface area contributed by atoms with Gasteiger partial charge in [0.1, 0.15) is 0 Å². The minimum absolute atomic E-state index is 0.101. The Hall–Kier alpha value is -3.30. The van der Waals surface area contributed by atoms with Crippen molar-refractivity contribution in [2.45, 2.75) is 13.0 Å². The molecule has 0 fully saturated rings.